The van der Waals surface area contributed by atoms with Crippen molar-refractivity contribution in [2.45, 2.75) is 13.2 Å². The Morgan fingerprint density at radius 2 is 2.07 bits per heavy atom. The van der Waals surface area contributed by atoms with Crippen LogP contribution in [0.2, 0.25) is 0 Å². The van der Waals surface area contributed by atoms with Gasteiger partial charge in [0.15, 0.2) is 0 Å². The van der Waals surface area contributed by atoms with Crippen molar-refractivity contribution in [1.29, 1.82) is 0 Å². The quantitative estimate of drug-likeness (QED) is 0.804. The lowest BCUT2D eigenvalue weighted by Crippen LogP contribution is -1.99. The first-order valence-corrected chi connectivity index (χ1v) is 4.92. The summed E-state index contributed by atoms with van der Waals surface area (Å²) in [5.74, 6) is 0.514. The predicted octanol–water partition coefficient (Wildman–Crippen LogP) is 1.75. The molecule has 4 nitrogen and oxygen atoms in total. The Bertz CT molecular complexity index is 490. The molecular weight excluding hydrogens is 212 g/mol. The molecule has 1 aromatic heterocycles. The van der Waals surface area contributed by atoms with Crippen molar-refractivity contribution < 1.29 is 9.52 Å². The summed E-state index contributed by atoms with van der Waals surface area (Å²) in [5.41, 5.74) is 1.10. The highest BCUT2D eigenvalue weighted by Crippen LogP contribution is 2.07. The smallest absolute Gasteiger partial charge is 0.289 e. The van der Waals surface area contributed by atoms with Crippen LogP contribution in [0.3, 0.4) is 0 Å². The molecule has 0 fully saturated rings. The monoisotopic (exact) mass is 222 g/mol. The number of rotatable bonds is 3. The van der Waals surface area contributed by atoms with Gasteiger partial charge in [-0.15, -0.1) is 5.10 Å². The van der Waals surface area contributed by atoms with Gasteiger partial charge in [0.05, 0.1) is 6.42 Å². The second-order valence-corrected chi connectivity index (χ2v) is 3.41. The lowest BCUT2D eigenvalue weighted by Gasteiger charge is -1.94. The Hall–Kier alpha value is -1.46. The minimum absolute atomic E-state index is 0.198. The molecule has 0 unspecified atom stereocenters. The highest BCUT2D eigenvalue weighted by molar-refractivity contribution is 7.71. The molecule has 0 aliphatic carbocycles. The average Bonchev–Trinajstić information content (AvgIpc) is 2.60. The molecule has 0 amide bonds. The molecule has 2 aromatic rings. The predicted molar refractivity (Wildman–Crippen MR) is 56.8 cm³/mol. The minimum atomic E-state index is -0.253. The van der Waals surface area contributed by atoms with E-state index in [1.807, 2.05) is 30.3 Å². The van der Waals surface area contributed by atoms with Crippen LogP contribution in [0.15, 0.2) is 34.7 Å². The fourth-order valence-electron chi connectivity index (χ4n) is 1.28. The summed E-state index contributed by atoms with van der Waals surface area (Å²) in [6.07, 6.45) is 0.581. The number of aliphatic hydroxyl groups is 1. The summed E-state index contributed by atoms with van der Waals surface area (Å²) in [7, 11) is 0. The summed E-state index contributed by atoms with van der Waals surface area (Å²) < 4.78 is 6.46. The minimum Gasteiger partial charge on any atom is -0.414 e. The van der Waals surface area contributed by atoms with E-state index in [0.717, 1.165) is 5.56 Å². The van der Waals surface area contributed by atoms with E-state index in [1.54, 1.807) is 0 Å². The summed E-state index contributed by atoms with van der Waals surface area (Å²) in [6, 6.07) is 9.82. The molecule has 1 heterocycles. The summed E-state index contributed by atoms with van der Waals surface area (Å²) in [5, 5.41) is 12.9. The lowest BCUT2D eigenvalue weighted by molar-refractivity contribution is 0.190. The van der Waals surface area contributed by atoms with E-state index in [1.165, 1.54) is 4.68 Å². The molecule has 0 aliphatic heterocycles. The Kier molecular flexibility index (Phi) is 2.94. The normalized spacial score (nSPS) is 10.5. The van der Waals surface area contributed by atoms with Crippen molar-refractivity contribution in [3.8, 4) is 0 Å². The first kappa shape index (κ1) is 10.1. The van der Waals surface area contributed by atoms with Crippen LogP contribution in [-0.4, -0.2) is 14.9 Å². The van der Waals surface area contributed by atoms with Gasteiger partial charge >= 0.3 is 0 Å². The number of aromatic nitrogens is 2. The lowest BCUT2D eigenvalue weighted by atomic mass is 10.2. The van der Waals surface area contributed by atoms with Crippen LogP contribution in [0.5, 0.6) is 0 Å². The number of hydrogen-bond acceptors (Lipinski definition) is 4. The zero-order chi connectivity index (χ0) is 10.7. The zero-order valence-electron chi connectivity index (χ0n) is 7.96. The first-order valence-electron chi connectivity index (χ1n) is 4.51. The molecule has 0 aliphatic rings. The third kappa shape index (κ3) is 2.31. The maximum absolute atomic E-state index is 8.87. The van der Waals surface area contributed by atoms with Crippen molar-refractivity contribution in [3.05, 3.63) is 46.6 Å². The molecule has 0 atom stereocenters. The molecule has 1 N–H and O–H groups in total. The Morgan fingerprint density at radius 3 is 2.67 bits per heavy atom. The van der Waals surface area contributed by atoms with Crippen molar-refractivity contribution in [2.75, 3.05) is 0 Å². The summed E-state index contributed by atoms with van der Waals surface area (Å²) in [6.45, 7) is -0.253. The molecule has 2 rings (SSSR count). The van der Waals surface area contributed by atoms with Crippen LogP contribution < -0.4 is 0 Å². The second kappa shape index (κ2) is 4.37. The van der Waals surface area contributed by atoms with E-state index in [4.69, 9.17) is 21.7 Å². The number of nitrogens with zero attached hydrogens (tertiary/aromatic N) is 2. The molecule has 78 valence electrons. The third-order valence-electron chi connectivity index (χ3n) is 1.98. The van der Waals surface area contributed by atoms with Gasteiger partial charge in [-0.3, -0.25) is 0 Å². The second-order valence-electron chi connectivity index (χ2n) is 3.07. The van der Waals surface area contributed by atoms with E-state index < -0.39 is 0 Å². The maximum atomic E-state index is 8.87. The Balaban J connectivity index is 2.22. The molecule has 1 aromatic carbocycles. The molecule has 0 radical (unpaired) electrons. The molecule has 0 spiro atoms. The van der Waals surface area contributed by atoms with Gasteiger partial charge < -0.3 is 9.52 Å². The number of hydrogen-bond donors (Lipinski definition) is 1. The molecule has 5 heteroatoms. The van der Waals surface area contributed by atoms with E-state index in [2.05, 4.69) is 5.10 Å². The van der Waals surface area contributed by atoms with Gasteiger partial charge in [-0.05, 0) is 17.8 Å². The van der Waals surface area contributed by atoms with Gasteiger partial charge in [0, 0.05) is 0 Å². The van der Waals surface area contributed by atoms with E-state index in [-0.39, 0.29) is 11.6 Å². The highest BCUT2D eigenvalue weighted by Gasteiger charge is 2.04. The first-order chi connectivity index (χ1) is 7.29. The molecule has 0 saturated heterocycles. The number of aliphatic hydroxyl groups excluding tert-OH is 1. The van der Waals surface area contributed by atoms with E-state index in [0.29, 0.717) is 12.3 Å². The SMILES string of the molecule is OCn1nc(Cc2ccccc2)oc1=S. The van der Waals surface area contributed by atoms with Crippen molar-refractivity contribution in [1.82, 2.24) is 9.78 Å². The van der Waals surface area contributed by atoms with Gasteiger partial charge in [0.1, 0.15) is 6.73 Å². The van der Waals surface area contributed by atoms with Crippen LogP contribution in [-0.2, 0) is 13.2 Å². The standard InChI is InChI=1S/C10H10N2O2S/c13-7-12-10(15)14-9(11-12)6-8-4-2-1-3-5-8/h1-5,13H,6-7H2. The molecular formula is C10H10N2O2S. The van der Waals surface area contributed by atoms with Crippen LogP contribution >= 0.6 is 12.2 Å². The van der Waals surface area contributed by atoms with Crippen LogP contribution in [0, 0.1) is 4.84 Å². The van der Waals surface area contributed by atoms with E-state index in [9.17, 15) is 0 Å². The summed E-state index contributed by atoms with van der Waals surface area (Å²) in [4.78, 5) is 0.198. The van der Waals surface area contributed by atoms with Crippen molar-refractivity contribution in [2.24, 2.45) is 0 Å². The summed E-state index contributed by atoms with van der Waals surface area (Å²) >= 11 is 4.86. The fraction of sp³-hybridized carbons (Fsp3) is 0.200. The van der Waals surface area contributed by atoms with Gasteiger partial charge in [-0.1, -0.05) is 30.3 Å². The Morgan fingerprint density at radius 1 is 1.33 bits per heavy atom. The van der Waals surface area contributed by atoms with Crippen LogP contribution in [0.25, 0.3) is 0 Å². The van der Waals surface area contributed by atoms with Crippen LogP contribution in [0.1, 0.15) is 11.5 Å². The van der Waals surface area contributed by atoms with Crippen molar-refractivity contribution >= 4 is 12.2 Å². The third-order valence-corrected chi connectivity index (χ3v) is 2.27. The average molecular weight is 222 g/mol. The molecule has 0 bridgehead atoms. The molecule has 15 heavy (non-hydrogen) atoms. The van der Waals surface area contributed by atoms with Gasteiger partial charge in [-0.2, -0.15) is 4.68 Å². The zero-order valence-corrected chi connectivity index (χ0v) is 8.78. The van der Waals surface area contributed by atoms with Gasteiger partial charge in [-0.25, -0.2) is 0 Å². The topological polar surface area (TPSA) is 51.2 Å². The van der Waals surface area contributed by atoms with Crippen molar-refractivity contribution in [3.63, 3.8) is 0 Å². The molecule has 0 saturated carbocycles. The number of benzene rings is 1. The maximum Gasteiger partial charge on any atom is 0.289 e. The fourth-order valence-corrected chi connectivity index (χ4v) is 1.48. The highest BCUT2D eigenvalue weighted by atomic mass is 32.1. The van der Waals surface area contributed by atoms with Crippen LogP contribution in [0.4, 0.5) is 0 Å². The van der Waals surface area contributed by atoms with Gasteiger partial charge in [0.25, 0.3) is 4.84 Å². The Labute approximate surface area is 91.8 Å². The largest absolute Gasteiger partial charge is 0.414 e. The van der Waals surface area contributed by atoms with E-state index >= 15 is 0 Å². The van der Waals surface area contributed by atoms with Gasteiger partial charge in [0.2, 0.25) is 5.89 Å².